The van der Waals surface area contributed by atoms with Crippen molar-refractivity contribution in [2.45, 2.75) is 26.8 Å². The van der Waals surface area contributed by atoms with E-state index >= 15 is 0 Å². The number of H-pyrrole nitrogens is 1. The van der Waals surface area contributed by atoms with Crippen molar-refractivity contribution >= 4 is 17.7 Å². The first-order valence-electron chi connectivity index (χ1n) is 9.61. The third kappa shape index (κ3) is 4.82. The first kappa shape index (κ1) is 21.8. The van der Waals surface area contributed by atoms with Gasteiger partial charge in [-0.25, -0.2) is 4.79 Å². The van der Waals surface area contributed by atoms with Gasteiger partial charge in [-0.15, -0.1) is 0 Å². The number of rotatable bonds is 7. The molecule has 2 N–H and O–H groups in total. The lowest BCUT2D eigenvalue weighted by Crippen LogP contribution is -2.14. The maximum Gasteiger partial charge on any atom is 0.439 e. The first-order chi connectivity index (χ1) is 14.8. The number of methoxy groups -OCH3 is 1. The van der Waals surface area contributed by atoms with Crippen LogP contribution in [0, 0.1) is 25.2 Å². The Morgan fingerprint density at radius 3 is 2.84 bits per heavy atom. The molecular weight excluding hydrogens is 398 g/mol. The number of hydrogen-bond acceptors (Lipinski definition) is 6. The summed E-state index contributed by atoms with van der Waals surface area (Å²) in [5.74, 6) is -0.964. The summed E-state index contributed by atoms with van der Waals surface area (Å²) in [4.78, 5) is 26.3. The van der Waals surface area contributed by atoms with Gasteiger partial charge in [-0.1, -0.05) is 17.3 Å². The van der Waals surface area contributed by atoms with Crippen molar-refractivity contribution in [3.63, 3.8) is 0 Å². The third-order valence-corrected chi connectivity index (χ3v) is 4.87. The number of nitrogens with zero attached hydrogens (tertiary/aromatic N) is 3. The van der Waals surface area contributed by atoms with Crippen LogP contribution in [-0.2, 0) is 9.53 Å². The molecule has 3 aromatic rings. The predicted octanol–water partition coefficient (Wildman–Crippen LogP) is 3.20. The SMILES string of the molecule is COCC(C)n1c(C)cc(/C=C(\C#N)C(=O)Nc2cccc(-c3noc(=O)[nH]3)c2)c1C. The first-order valence-corrected chi connectivity index (χ1v) is 9.61. The van der Waals surface area contributed by atoms with E-state index < -0.39 is 11.7 Å². The lowest BCUT2D eigenvalue weighted by Gasteiger charge is -2.17. The number of benzene rings is 1. The molecule has 1 aromatic carbocycles. The maximum absolute atomic E-state index is 12.7. The van der Waals surface area contributed by atoms with E-state index in [2.05, 4.69) is 24.5 Å². The highest BCUT2D eigenvalue weighted by atomic mass is 16.5. The molecule has 9 heteroatoms. The van der Waals surface area contributed by atoms with E-state index in [0.29, 0.717) is 17.9 Å². The lowest BCUT2D eigenvalue weighted by molar-refractivity contribution is -0.112. The number of aromatic amines is 1. The summed E-state index contributed by atoms with van der Waals surface area (Å²) in [5, 5.41) is 15.9. The van der Waals surface area contributed by atoms with Crippen LogP contribution < -0.4 is 11.1 Å². The van der Waals surface area contributed by atoms with E-state index in [1.807, 2.05) is 32.9 Å². The van der Waals surface area contributed by atoms with Crippen LogP contribution in [0.4, 0.5) is 5.69 Å². The number of carbonyl (C=O) groups excluding carboxylic acids is 1. The van der Waals surface area contributed by atoms with Crippen LogP contribution in [0.3, 0.4) is 0 Å². The van der Waals surface area contributed by atoms with Gasteiger partial charge in [0.2, 0.25) is 0 Å². The molecule has 0 radical (unpaired) electrons. The minimum absolute atomic E-state index is 0.0279. The Balaban J connectivity index is 1.85. The fourth-order valence-electron chi connectivity index (χ4n) is 3.54. The molecule has 2 aromatic heterocycles. The Morgan fingerprint density at radius 1 is 1.42 bits per heavy atom. The molecule has 160 valence electrons. The summed E-state index contributed by atoms with van der Waals surface area (Å²) in [6.07, 6.45) is 1.58. The van der Waals surface area contributed by atoms with Crippen LogP contribution >= 0.6 is 0 Å². The number of carbonyl (C=O) groups is 1. The number of amides is 1. The summed E-state index contributed by atoms with van der Waals surface area (Å²) < 4.78 is 11.9. The maximum atomic E-state index is 12.7. The van der Waals surface area contributed by atoms with Gasteiger partial charge < -0.3 is 14.6 Å². The number of nitrogens with one attached hydrogen (secondary N) is 2. The molecule has 31 heavy (non-hydrogen) atoms. The van der Waals surface area contributed by atoms with E-state index in [0.717, 1.165) is 17.0 Å². The minimum Gasteiger partial charge on any atom is -0.383 e. The van der Waals surface area contributed by atoms with E-state index in [1.165, 1.54) is 0 Å². The Bertz CT molecular complexity index is 1230. The van der Waals surface area contributed by atoms with E-state index in [-0.39, 0.29) is 17.4 Å². The average Bonchev–Trinajstić information content (AvgIpc) is 3.29. The number of aromatic nitrogens is 3. The molecule has 3 rings (SSSR count). The van der Waals surface area contributed by atoms with Crippen LogP contribution in [0.5, 0.6) is 0 Å². The minimum atomic E-state index is -0.670. The second-order valence-electron chi connectivity index (χ2n) is 7.15. The van der Waals surface area contributed by atoms with Crippen molar-refractivity contribution in [3.05, 3.63) is 63.4 Å². The van der Waals surface area contributed by atoms with Gasteiger partial charge in [-0.2, -0.15) is 5.26 Å². The van der Waals surface area contributed by atoms with Crippen molar-refractivity contribution < 1.29 is 14.1 Å². The second-order valence-corrected chi connectivity index (χ2v) is 7.15. The number of anilines is 1. The molecule has 2 heterocycles. The van der Waals surface area contributed by atoms with Crippen molar-refractivity contribution in [2.24, 2.45) is 0 Å². The zero-order valence-electron chi connectivity index (χ0n) is 17.7. The van der Waals surface area contributed by atoms with Crippen LogP contribution in [0.1, 0.15) is 29.9 Å². The predicted molar refractivity (Wildman–Crippen MR) is 115 cm³/mol. The van der Waals surface area contributed by atoms with Crippen LogP contribution in [0.25, 0.3) is 17.5 Å². The number of aryl methyl sites for hydroxylation is 1. The molecule has 0 saturated carbocycles. The van der Waals surface area contributed by atoms with Gasteiger partial charge in [0.1, 0.15) is 11.6 Å². The quantitative estimate of drug-likeness (QED) is 0.446. The standard InChI is InChI=1S/C22H23N5O4/c1-13-8-17(15(3)27(13)14(2)12-30-4)9-18(11-23)21(28)24-19-7-5-6-16(10-19)20-25-22(29)31-26-20/h5-10,14H,12H2,1-4H3,(H,24,28)(H,25,26,29)/b18-9+. The largest absolute Gasteiger partial charge is 0.439 e. The van der Waals surface area contributed by atoms with Gasteiger partial charge in [0.15, 0.2) is 5.82 Å². The van der Waals surface area contributed by atoms with Gasteiger partial charge in [0, 0.05) is 29.7 Å². The molecule has 1 unspecified atom stereocenters. The van der Waals surface area contributed by atoms with Gasteiger partial charge in [-0.3, -0.25) is 14.3 Å². The van der Waals surface area contributed by atoms with Crippen molar-refractivity contribution in [2.75, 3.05) is 19.0 Å². The Hall–Kier alpha value is -3.90. The molecule has 0 aliphatic rings. The Labute approximate surface area is 178 Å². The van der Waals surface area contributed by atoms with Crippen molar-refractivity contribution in [1.82, 2.24) is 14.7 Å². The molecule has 1 amide bonds. The van der Waals surface area contributed by atoms with Gasteiger partial charge in [0.05, 0.1) is 12.6 Å². The molecule has 0 aliphatic carbocycles. The molecule has 0 saturated heterocycles. The van der Waals surface area contributed by atoms with Crippen molar-refractivity contribution in [1.29, 1.82) is 5.26 Å². The summed E-state index contributed by atoms with van der Waals surface area (Å²) in [6.45, 7) is 6.52. The topological polar surface area (TPSA) is 126 Å². The zero-order valence-corrected chi connectivity index (χ0v) is 17.7. The fourth-order valence-corrected chi connectivity index (χ4v) is 3.54. The summed E-state index contributed by atoms with van der Waals surface area (Å²) in [6, 6.07) is 10.7. The summed E-state index contributed by atoms with van der Waals surface area (Å²) in [7, 11) is 1.65. The highest BCUT2D eigenvalue weighted by Gasteiger charge is 2.16. The zero-order chi connectivity index (χ0) is 22.5. The molecule has 0 spiro atoms. The highest BCUT2D eigenvalue weighted by Crippen LogP contribution is 2.24. The molecular formula is C22H23N5O4. The lowest BCUT2D eigenvalue weighted by atomic mass is 10.1. The molecule has 0 aliphatic heterocycles. The molecule has 0 fully saturated rings. The van der Waals surface area contributed by atoms with Crippen LogP contribution in [0.2, 0.25) is 0 Å². The molecule has 9 nitrogen and oxygen atoms in total. The van der Waals surface area contributed by atoms with E-state index in [4.69, 9.17) is 4.74 Å². The number of hydrogen-bond donors (Lipinski definition) is 2. The second kappa shape index (κ2) is 9.28. The molecule has 1 atom stereocenters. The number of nitriles is 1. The highest BCUT2D eigenvalue weighted by molar-refractivity contribution is 6.09. The number of ether oxygens (including phenoxy) is 1. The van der Waals surface area contributed by atoms with Gasteiger partial charge >= 0.3 is 5.76 Å². The van der Waals surface area contributed by atoms with Gasteiger partial charge in [0.25, 0.3) is 5.91 Å². The average molecular weight is 421 g/mol. The van der Waals surface area contributed by atoms with Crippen LogP contribution in [-0.4, -0.2) is 34.3 Å². The van der Waals surface area contributed by atoms with E-state index in [9.17, 15) is 14.9 Å². The van der Waals surface area contributed by atoms with Crippen molar-refractivity contribution in [3.8, 4) is 17.5 Å². The van der Waals surface area contributed by atoms with Gasteiger partial charge in [-0.05, 0) is 50.6 Å². The summed E-state index contributed by atoms with van der Waals surface area (Å²) >= 11 is 0. The Kier molecular flexibility index (Phi) is 6.52. The Morgan fingerprint density at radius 2 is 2.19 bits per heavy atom. The fraction of sp³-hybridized carbons (Fsp3) is 0.273. The van der Waals surface area contributed by atoms with Crippen LogP contribution in [0.15, 0.2) is 45.2 Å². The molecule has 0 bridgehead atoms. The van der Waals surface area contributed by atoms with E-state index in [1.54, 1.807) is 37.5 Å². The normalized spacial score (nSPS) is 12.4. The smallest absolute Gasteiger partial charge is 0.383 e. The third-order valence-electron chi connectivity index (χ3n) is 4.87. The summed E-state index contributed by atoms with van der Waals surface area (Å²) in [5.41, 5.74) is 3.73. The monoisotopic (exact) mass is 421 g/mol.